The van der Waals surface area contributed by atoms with Crippen molar-refractivity contribution in [3.63, 3.8) is 0 Å². The van der Waals surface area contributed by atoms with E-state index in [1.807, 2.05) is 0 Å². The van der Waals surface area contributed by atoms with Gasteiger partial charge in [-0.25, -0.2) is 4.79 Å². The first-order valence-corrected chi connectivity index (χ1v) is 23.0. The highest BCUT2D eigenvalue weighted by Crippen LogP contribution is 2.08. The average molecular weight is 983 g/mol. The zero-order chi connectivity index (χ0) is 49.9. The van der Waals surface area contributed by atoms with Crippen LogP contribution in [0.4, 0.5) is 4.79 Å². The number of nitrogens with zero attached hydrogens (tertiary/aromatic N) is 6. The minimum Gasteiger partial charge on any atom is -0.442 e. The molecule has 0 bridgehead atoms. The minimum absolute atomic E-state index is 0.0570. The van der Waals surface area contributed by atoms with Gasteiger partial charge in [0, 0.05) is 55.4 Å². The number of hydrogen-bond acceptors (Lipinski definition) is 20. The summed E-state index contributed by atoms with van der Waals surface area (Å²) in [5.74, 6) is -0.791. The van der Waals surface area contributed by atoms with Crippen molar-refractivity contribution in [2.75, 3.05) is 178 Å². The topological polar surface area (TPSA) is 319 Å². The molecule has 26 nitrogen and oxygen atoms in total. The summed E-state index contributed by atoms with van der Waals surface area (Å²) in [6.07, 6.45) is 0.813. The van der Waals surface area contributed by atoms with Crippen LogP contribution in [0.3, 0.4) is 0 Å². The summed E-state index contributed by atoms with van der Waals surface area (Å²) in [5, 5.41) is 9.46. The van der Waals surface area contributed by atoms with Gasteiger partial charge in [-0.1, -0.05) is 10.2 Å². The van der Waals surface area contributed by atoms with E-state index in [1.54, 1.807) is 20.8 Å². The monoisotopic (exact) mass is 983 g/mol. The molecule has 0 spiro atoms. The number of nitrogens with one attached hydrogen (secondary N) is 2. The quantitative estimate of drug-likeness (QED) is 0.0290. The Labute approximate surface area is 399 Å². The molecule has 0 rings (SSSR count). The van der Waals surface area contributed by atoms with E-state index in [0.717, 1.165) is 0 Å². The molecule has 0 aliphatic carbocycles. The van der Waals surface area contributed by atoms with E-state index < -0.39 is 23.6 Å². The molecule has 2 N–H and O–H groups in total. The van der Waals surface area contributed by atoms with Gasteiger partial charge < -0.3 is 66.9 Å². The van der Waals surface area contributed by atoms with E-state index in [4.69, 9.17) is 77.5 Å². The van der Waals surface area contributed by atoms with Gasteiger partial charge in [0.2, 0.25) is 5.91 Å². The maximum absolute atomic E-state index is 13.2. The molecule has 0 unspecified atom stereocenters. The maximum atomic E-state index is 13.2. The predicted octanol–water partition coefficient (Wildman–Crippen LogP) is 3.23. The molecule has 0 heterocycles. The predicted molar refractivity (Wildman–Crippen MR) is 243 cm³/mol. The number of ketones is 2. The van der Waals surface area contributed by atoms with Crippen LogP contribution in [0.25, 0.3) is 20.9 Å². The van der Waals surface area contributed by atoms with Crippen molar-refractivity contribution in [1.29, 1.82) is 0 Å². The second-order valence-corrected chi connectivity index (χ2v) is 15.0. The van der Waals surface area contributed by atoms with Gasteiger partial charge in [0.1, 0.15) is 18.0 Å². The lowest BCUT2D eigenvalue weighted by molar-refractivity contribution is -0.131. The van der Waals surface area contributed by atoms with Gasteiger partial charge in [-0.15, -0.1) is 0 Å². The van der Waals surface area contributed by atoms with Gasteiger partial charge in [0.05, 0.1) is 151 Å². The maximum Gasteiger partial charge on any atom is 0.431 e. The van der Waals surface area contributed by atoms with Crippen LogP contribution in [-0.2, 0) is 80.8 Å². The summed E-state index contributed by atoms with van der Waals surface area (Å²) >= 11 is 0. The summed E-state index contributed by atoms with van der Waals surface area (Å²) in [6, 6.07) is -0.884. The second kappa shape index (κ2) is 49.6. The van der Waals surface area contributed by atoms with Gasteiger partial charge in [-0.2, -0.15) is 5.48 Å². The fourth-order valence-electron chi connectivity index (χ4n) is 5.03. The smallest absolute Gasteiger partial charge is 0.431 e. The van der Waals surface area contributed by atoms with E-state index in [2.05, 4.69) is 30.8 Å². The lowest BCUT2D eigenvalue weighted by Gasteiger charge is -2.19. The molecular weight excluding hydrogens is 904 g/mol. The molecule has 1 atom stereocenters. The van der Waals surface area contributed by atoms with E-state index in [1.165, 1.54) is 0 Å². The summed E-state index contributed by atoms with van der Waals surface area (Å²) in [6.45, 7) is 13.6. The lowest BCUT2D eigenvalue weighted by Crippen LogP contribution is -2.43. The third-order valence-electron chi connectivity index (χ3n) is 8.15. The van der Waals surface area contributed by atoms with Crippen molar-refractivity contribution in [3.8, 4) is 0 Å². The van der Waals surface area contributed by atoms with Crippen molar-refractivity contribution >= 4 is 23.6 Å². The van der Waals surface area contributed by atoms with Crippen molar-refractivity contribution < 1.29 is 85.6 Å². The third-order valence-corrected chi connectivity index (χ3v) is 8.15. The van der Waals surface area contributed by atoms with Crippen LogP contribution in [0.2, 0.25) is 0 Å². The van der Waals surface area contributed by atoms with Gasteiger partial charge in [-0.3, -0.25) is 19.2 Å². The second-order valence-electron chi connectivity index (χ2n) is 15.0. The van der Waals surface area contributed by atoms with Crippen LogP contribution in [-0.4, -0.2) is 213 Å². The fourth-order valence-corrected chi connectivity index (χ4v) is 5.03. The Kier molecular flexibility index (Phi) is 46.8. The van der Waals surface area contributed by atoms with Crippen LogP contribution >= 0.6 is 0 Å². The zero-order valence-corrected chi connectivity index (χ0v) is 40.4. The molecule has 0 aliphatic rings. The number of ether oxygens (including phenoxy) is 13. The molecule has 68 heavy (non-hydrogen) atoms. The summed E-state index contributed by atoms with van der Waals surface area (Å²) < 4.78 is 70.1. The number of carbonyl (C=O) groups excluding carboxylic acids is 4. The highest BCUT2D eigenvalue weighted by Gasteiger charge is 2.22. The highest BCUT2D eigenvalue weighted by atomic mass is 16.7. The highest BCUT2D eigenvalue weighted by molar-refractivity contribution is 5.90. The molecule has 2 amide bonds. The van der Waals surface area contributed by atoms with Gasteiger partial charge in [0.15, 0.2) is 5.78 Å². The average Bonchev–Trinajstić information content (AvgIpc) is 3.30. The minimum atomic E-state index is -0.884. The molecular formula is C42H78N8O18. The molecule has 0 aromatic rings. The summed E-state index contributed by atoms with van der Waals surface area (Å²) in [7, 11) is 0. The molecule has 0 aromatic heterocycles. The number of azide groups is 2. The Hall–Kier alpha value is -3.82. The van der Waals surface area contributed by atoms with Gasteiger partial charge in [-0.05, 0) is 51.1 Å². The molecule has 26 heteroatoms. The van der Waals surface area contributed by atoms with Crippen molar-refractivity contribution in [2.24, 2.45) is 10.2 Å². The van der Waals surface area contributed by atoms with Gasteiger partial charge in [0.25, 0.3) is 0 Å². The molecule has 0 saturated carbocycles. The first-order chi connectivity index (χ1) is 33.1. The van der Waals surface area contributed by atoms with E-state index in [9.17, 15) is 19.2 Å². The third kappa shape index (κ3) is 50.1. The largest absolute Gasteiger partial charge is 0.442 e. The Balaban J connectivity index is 4.34. The van der Waals surface area contributed by atoms with Crippen molar-refractivity contribution in [2.45, 2.75) is 70.9 Å². The molecule has 0 fully saturated rings. The van der Waals surface area contributed by atoms with Crippen molar-refractivity contribution in [1.82, 2.24) is 10.8 Å². The molecule has 394 valence electrons. The van der Waals surface area contributed by atoms with Crippen molar-refractivity contribution in [3.05, 3.63) is 20.9 Å². The van der Waals surface area contributed by atoms with E-state index in [-0.39, 0.29) is 83.4 Å². The zero-order valence-electron chi connectivity index (χ0n) is 40.4. The van der Waals surface area contributed by atoms with E-state index in [0.29, 0.717) is 145 Å². The molecule has 0 radical (unpaired) electrons. The van der Waals surface area contributed by atoms with Crippen LogP contribution < -0.4 is 10.8 Å². The lowest BCUT2D eigenvalue weighted by atomic mass is 10.00. The summed E-state index contributed by atoms with van der Waals surface area (Å²) in [4.78, 5) is 60.6. The Morgan fingerprint density at radius 1 is 0.485 bits per heavy atom. The van der Waals surface area contributed by atoms with Gasteiger partial charge >= 0.3 is 6.09 Å². The first-order valence-electron chi connectivity index (χ1n) is 23.0. The van der Waals surface area contributed by atoms with E-state index >= 15 is 0 Å². The first kappa shape index (κ1) is 64.2. The van der Waals surface area contributed by atoms with Crippen LogP contribution in [0.5, 0.6) is 0 Å². The Bertz CT molecular complexity index is 1340. The molecule has 0 aliphatic heterocycles. The standard InChI is InChI=1S/C42H78N8O18/c1-42(2,3)68-41(54)48-67-35-34-65-32-33-66-36-40(53)47-38(39(52)7-5-13-56-17-21-60-25-29-64-31-27-62-23-19-58-15-11-46-50-44)9-8-37(51)6-4-12-55-16-20-59-24-28-63-30-26-61-22-18-57-14-10-45-49-43/h38H,4-36H2,1-3H3,(H,47,53)(H,48,54)/t38-/m0/s1. The Morgan fingerprint density at radius 2 is 0.853 bits per heavy atom. The van der Waals surface area contributed by atoms with Crippen LogP contribution in [0, 0.1) is 0 Å². The number of Topliss-reactive ketones (excluding diaryl/α,β-unsaturated/α-hetero) is 2. The number of carbonyl (C=O) groups is 4. The number of hydrogen-bond donors (Lipinski definition) is 2. The SMILES string of the molecule is CC(C)(C)OC(=O)NOCCOCCOCC(=O)N[C@@H](CCC(=O)CCCOCCOCCOCCOCCOCCN=[N+]=[N-])C(=O)CCCOCCOCCOCCOCCOCCN=[N+]=[N-]. The Morgan fingerprint density at radius 3 is 1.26 bits per heavy atom. The number of amides is 2. The molecule has 0 saturated heterocycles. The summed E-state index contributed by atoms with van der Waals surface area (Å²) in [5.41, 5.74) is 17.9. The normalized spacial score (nSPS) is 11.7. The van der Waals surface area contributed by atoms with Crippen LogP contribution in [0.15, 0.2) is 10.2 Å². The number of rotatable bonds is 52. The molecule has 0 aromatic carbocycles. The number of hydroxylamine groups is 1. The fraction of sp³-hybridized carbons (Fsp3) is 0.905. The van der Waals surface area contributed by atoms with Crippen LogP contribution in [0.1, 0.15) is 59.3 Å².